The molecule has 0 unspecified atom stereocenters. The number of rotatable bonds is 5. The molecule has 0 bridgehead atoms. The van der Waals surface area contributed by atoms with E-state index in [-0.39, 0.29) is 13.1 Å². The SMILES string of the molecule is C#CCN(CC(=O)O)Cc1c(Cl)c(C)nn1C. The number of aliphatic carboxylic acids is 1. The summed E-state index contributed by atoms with van der Waals surface area (Å²) in [6, 6.07) is 0. The summed E-state index contributed by atoms with van der Waals surface area (Å²) in [5, 5.41) is 13.5. The fourth-order valence-electron chi connectivity index (χ4n) is 1.55. The van der Waals surface area contributed by atoms with E-state index in [9.17, 15) is 4.79 Å². The van der Waals surface area contributed by atoms with Crippen LogP contribution in [0.5, 0.6) is 0 Å². The van der Waals surface area contributed by atoms with Crippen molar-refractivity contribution in [3.63, 3.8) is 0 Å². The second-order valence-electron chi connectivity index (χ2n) is 3.71. The molecular weight excluding hydrogens is 242 g/mol. The van der Waals surface area contributed by atoms with Crippen molar-refractivity contribution in [1.82, 2.24) is 14.7 Å². The lowest BCUT2D eigenvalue weighted by atomic mass is 10.3. The van der Waals surface area contributed by atoms with Crippen molar-refractivity contribution in [2.45, 2.75) is 13.5 Å². The van der Waals surface area contributed by atoms with Crippen molar-refractivity contribution < 1.29 is 9.90 Å². The van der Waals surface area contributed by atoms with Gasteiger partial charge in [0.05, 0.1) is 29.5 Å². The van der Waals surface area contributed by atoms with Crippen LogP contribution in [0, 0.1) is 19.3 Å². The molecule has 0 fully saturated rings. The highest BCUT2D eigenvalue weighted by Crippen LogP contribution is 2.20. The molecule has 0 aliphatic rings. The molecule has 1 N–H and O–H groups in total. The predicted octanol–water partition coefficient (Wildman–Crippen LogP) is 0.902. The number of aryl methyl sites for hydroxylation is 2. The average molecular weight is 256 g/mol. The van der Waals surface area contributed by atoms with Crippen LogP contribution < -0.4 is 0 Å². The molecule has 0 aromatic carbocycles. The van der Waals surface area contributed by atoms with Gasteiger partial charge in [0.1, 0.15) is 0 Å². The smallest absolute Gasteiger partial charge is 0.317 e. The summed E-state index contributed by atoms with van der Waals surface area (Å²) in [6.07, 6.45) is 5.20. The lowest BCUT2D eigenvalue weighted by Crippen LogP contribution is -2.30. The zero-order valence-corrected chi connectivity index (χ0v) is 10.5. The Balaban J connectivity index is 2.86. The van der Waals surface area contributed by atoms with Crippen molar-refractivity contribution in [3.8, 4) is 12.3 Å². The number of nitrogens with zero attached hydrogens (tertiary/aromatic N) is 3. The molecule has 0 spiro atoms. The highest BCUT2D eigenvalue weighted by Gasteiger charge is 2.16. The van der Waals surface area contributed by atoms with Crippen molar-refractivity contribution in [3.05, 3.63) is 16.4 Å². The lowest BCUT2D eigenvalue weighted by Gasteiger charge is -2.17. The fourth-order valence-corrected chi connectivity index (χ4v) is 1.77. The molecule has 0 radical (unpaired) electrons. The van der Waals surface area contributed by atoms with Crippen LogP contribution in [0.15, 0.2) is 0 Å². The Morgan fingerprint density at radius 3 is 2.76 bits per heavy atom. The number of carboxylic acids is 1. The van der Waals surface area contributed by atoms with E-state index in [2.05, 4.69) is 11.0 Å². The monoisotopic (exact) mass is 255 g/mol. The van der Waals surface area contributed by atoms with Crippen molar-refractivity contribution in [2.24, 2.45) is 7.05 Å². The zero-order chi connectivity index (χ0) is 13.0. The highest BCUT2D eigenvalue weighted by atomic mass is 35.5. The molecule has 1 aromatic heterocycles. The van der Waals surface area contributed by atoms with Gasteiger partial charge in [0.2, 0.25) is 0 Å². The highest BCUT2D eigenvalue weighted by molar-refractivity contribution is 6.31. The maximum atomic E-state index is 10.7. The van der Waals surface area contributed by atoms with Crippen LogP contribution in [0.2, 0.25) is 5.02 Å². The summed E-state index contributed by atoms with van der Waals surface area (Å²) in [7, 11) is 1.77. The Hall–Kier alpha value is -1.51. The van der Waals surface area contributed by atoms with Crippen molar-refractivity contribution >= 4 is 17.6 Å². The second-order valence-corrected chi connectivity index (χ2v) is 4.09. The Kier molecular flexibility index (Phi) is 4.55. The normalized spacial score (nSPS) is 10.5. The van der Waals surface area contributed by atoms with Crippen LogP contribution in [0.1, 0.15) is 11.4 Å². The first-order valence-electron chi connectivity index (χ1n) is 5.01. The van der Waals surface area contributed by atoms with Gasteiger partial charge in [0.15, 0.2) is 0 Å². The summed E-state index contributed by atoms with van der Waals surface area (Å²) in [5.41, 5.74) is 1.49. The summed E-state index contributed by atoms with van der Waals surface area (Å²) in [5.74, 6) is 1.51. The predicted molar refractivity (Wildman–Crippen MR) is 64.7 cm³/mol. The van der Waals surface area contributed by atoms with Gasteiger partial charge in [-0.3, -0.25) is 14.4 Å². The van der Waals surface area contributed by atoms with Crippen LogP contribution in [0.4, 0.5) is 0 Å². The third-order valence-electron chi connectivity index (χ3n) is 2.31. The molecule has 1 heterocycles. The summed E-state index contributed by atoms with van der Waals surface area (Å²) in [4.78, 5) is 12.3. The van der Waals surface area contributed by atoms with Crippen LogP contribution in [-0.4, -0.2) is 38.8 Å². The molecule has 1 aromatic rings. The molecule has 0 atom stereocenters. The molecule has 0 aliphatic carbocycles. The Labute approximate surface area is 105 Å². The van der Waals surface area contributed by atoms with Gasteiger partial charge in [-0.1, -0.05) is 17.5 Å². The van der Waals surface area contributed by atoms with Gasteiger partial charge >= 0.3 is 5.97 Å². The number of carbonyl (C=O) groups is 1. The maximum Gasteiger partial charge on any atom is 0.317 e. The molecule has 92 valence electrons. The first kappa shape index (κ1) is 13.6. The molecule has 0 saturated carbocycles. The topological polar surface area (TPSA) is 58.4 Å². The number of terminal acetylenes is 1. The number of hydrogen-bond donors (Lipinski definition) is 1. The van der Waals surface area contributed by atoms with Crippen LogP contribution in [-0.2, 0) is 18.4 Å². The minimum atomic E-state index is -0.921. The third-order valence-corrected chi connectivity index (χ3v) is 2.80. The maximum absolute atomic E-state index is 10.7. The van der Waals surface area contributed by atoms with Gasteiger partial charge in [0.25, 0.3) is 0 Å². The van der Waals surface area contributed by atoms with Crippen LogP contribution in [0.25, 0.3) is 0 Å². The van der Waals surface area contributed by atoms with Crippen LogP contribution >= 0.6 is 11.6 Å². The Morgan fingerprint density at radius 1 is 1.71 bits per heavy atom. The molecule has 0 amide bonds. The number of hydrogen-bond acceptors (Lipinski definition) is 3. The minimum Gasteiger partial charge on any atom is -0.480 e. The Morgan fingerprint density at radius 2 is 2.35 bits per heavy atom. The number of halogens is 1. The first-order valence-corrected chi connectivity index (χ1v) is 5.39. The lowest BCUT2D eigenvalue weighted by molar-refractivity contribution is -0.138. The zero-order valence-electron chi connectivity index (χ0n) is 9.77. The second kappa shape index (κ2) is 5.71. The van der Waals surface area contributed by atoms with Gasteiger partial charge in [-0.05, 0) is 6.92 Å². The molecule has 17 heavy (non-hydrogen) atoms. The first-order chi connectivity index (χ1) is 7.95. The van der Waals surface area contributed by atoms with Gasteiger partial charge in [0, 0.05) is 13.6 Å². The van der Waals surface area contributed by atoms with E-state index in [1.165, 1.54) is 0 Å². The minimum absolute atomic E-state index is 0.120. The molecular formula is C11H14ClN3O2. The van der Waals surface area contributed by atoms with E-state index >= 15 is 0 Å². The molecule has 0 saturated heterocycles. The van der Waals surface area contributed by atoms with Crippen LogP contribution in [0.3, 0.4) is 0 Å². The largest absolute Gasteiger partial charge is 0.480 e. The average Bonchev–Trinajstić information content (AvgIpc) is 2.44. The number of carboxylic acid groups (broad SMARTS) is 1. The van der Waals surface area contributed by atoms with E-state index in [0.717, 1.165) is 11.4 Å². The van der Waals surface area contributed by atoms with E-state index in [4.69, 9.17) is 23.1 Å². The summed E-state index contributed by atoms with van der Waals surface area (Å²) in [6.45, 7) is 2.30. The van der Waals surface area contributed by atoms with Gasteiger partial charge < -0.3 is 5.11 Å². The van der Waals surface area contributed by atoms with Crippen molar-refractivity contribution in [2.75, 3.05) is 13.1 Å². The van der Waals surface area contributed by atoms with Gasteiger partial charge in [-0.25, -0.2) is 0 Å². The number of aromatic nitrogens is 2. The summed E-state index contributed by atoms with van der Waals surface area (Å²) < 4.78 is 1.64. The van der Waals surface area contributed by atoms with E-state index in [1.807, 2.05) is 0 Å². The van der Waals surface area contributed by atoms with Gasteiger partial charge in [-0.2, -0.15) is 5.10 Å². The van der Waals surface area contributed by atoms with Gasteiger partial charge in [-0.15, -0.1) is 6.42 Å². The molecule has 0 aliphatic heterocycles. The summed E-state index contributed by atoms with van der Waals surface area (Å²) >= 11 is 6.09. The molecule has 5 nitrogen and oxygen atoms in total. The van der Waals surface area contributed by atoms with Crippen molar-refractivity contribution in [1.29, 1.82) is 0 Å². The fraction of sp³-hybridized carbons (Fsp3) is 0.455. The standard InChI is InChI=1S/C11H14ClN3O2/c1-4-5-15(7-10(16)17)6-9-11(12)8(2)13-14(9)3/h1H,5-7H2,2-3H3,(H,16,17). The van der Waals surface area contributed by atoms with E-state index in [1.54, 1.807) is 23.6 Å². The quantitative estimate of drug-likeness (QED) is 0.795. The van der Waals surface area contributed by atoms with E-state index in [0.29, 0.717) is 11.6 Å². The molecule has 1 rings (SSSR count). The Bertz CT molecular complexity index is 462. The van der Waals surface area contributed by atoms with E-state index < -0.39 is 5.97 Å². The third kappa shape index (κ3) is 3.48. The molecule has 6 heteroatoms.